The van der Waals surface area contributed by atoms with Crippen molar-refractivity contribution in [3.63, 3.8) is 0 Å². The summed E-state index contributed by atoms with van der Waals surface area (Å²) in [6.07, 6.45) is 1.68. The molecule has 0 amide bonds. The molecule has 2 aromatic rings. The lowest BCUT2D eigenvalue weighted by Gasteiger charge is -2.14. The van der Waals surface area contributed by atoms with Crippen molar-refractivity contribution in [1.29, 1.82) is 5.26 Å². The molecule has 0 radical (unpaired) electrons. The van der Waals surface area contributed by atoms with Crippen LogP contribution in [-0.2, 0) is 0 Å². The molecule has 96 valence electrons. The smallest absolute Gasteiger partial charge is 0.209 e. The number of nitrogen functional groups attached to an aromatic ring is 1. The highest BCUT2D eigenvalue weighted by atomic mass is 19.2. The van der Waals surface area contributed by atoms with Crippen molar-refractivity contribution in [3.8, 4) is 6.07 Å². The predicted octanol–water partition coefficient (Wildman–Crippen LogP) is 2.07. The number of pyridine rings is 1. The fourth-order valence-electron chi connectivity index (χ4n) is 2.25. The summed E-state index contributed by atoms with van der Waals surface area (Å²) in [6, 6.07) is 3.57. The lowest BCUT2D eigenvalue weighted by atomic mass is 10.1. The van der Waals surface area contributed by atoms with Crippen molar-refractivity contribution in [1.82, 2.24) is 4.57 Å². The third-order valence-electron chi connectivity index (χ3n) is 3.31. The molecule has 1 aromatic carbocycles. The van der Waals surface area contributed by atoms with Crippen LogP contribution in [0.15, 0.2) is 16.9 Å². The number of anilines is 1. The average molecular weight is 261 g/mol. The minimum atomic E-state index is -1.11. The molecule has 1 aliphatic rings. The molecule has 2 N–H and O–H groups in total. The Morgan fingerprint density at radius 2 is 1.95 bits per heavy atom. The lowest BCUT2D eigenvalue weighted by Crippen LogP contribution is -2.18. The number of halogens is 2. The van der Waals surface area contributed by atoms with Gasteiger partial charge in [0.15, 0.2) is 11.6 Å². The van der Waals surface area contributed by atoms with E-state index >= 15 is 0 Å². The number of nitrogens with two attached hydrogens (primary N) is 1. The van der Waals surface area contributed by atoms with Crippen LogP contribution in [0.4, 0.5) is 14.6 Å². The summed E-state index contributed by atoms with van der Waals surface area (Å²) < 4.78 is 28.2. The molecule has 4 nitrogen and oxygen atoms in total. The van der Waals surface area contributed by atoms with Crippen molar-refractivity contribution in [2.24, 2.45) is 0 Å². The van der Waals surface area contributed by atoms with Crippen molar-refractivity contribution in [2.45, 2.75) is 18.9 Å². The maximum Gasteiger partial charge on any atom is 0.209 e. The molecule has 0 spiro atoms. The summed E-state index contributed by atoms with van der Waals surface area (Å²) in [5, 5.41) is 8.98. The van der Waals surface area contributed by atoms with Crippen LogP contribution in [0, 0.1) is 23.0 Å². The van der Waals surface area contributed by atoms with E-state index in [2.05, 4.69) is 0 Å². The fraction of sp³-hybridized carbons (Fsp3) is 0.231. The molecule has 0 bridgehead atoms. The number of benzene rings is 1. The van der Waals surface area contributed by atoms with E-state index in [1.165, 1.54) is 0 Å². The molecule has 0 saturated heterocycles. The van der Waals surface area contributed by atoms with Gasteiger partial charge in [0, 0.05) is 12.1 Å². The Kier molecular flexibility index (Phi) is 2.32. The second kappa shape index (κ2) is 3.79. The summed E-state index contributed by atoms with van der Waals surface area (Å²) in [5.41, 5.74) is 5.17. The predicted molar refractivity (Wildman–Crippen MR) is 65.5 cm³/mol. The van der Waals surface area contributed by atoms with E-state index in [1.807, 2.05) is 0 Å². The van der Waals surface area contributed by atoms with Gasteiger partial charge in [-0.25, -0.2) is 8.78 Å². The minimum Gasteiger partial charge on any atom is -0.384 e. The van der Waals surface area contributed by atoms with Gasteiger partial charge in [0.25, 0.3) is 0 Å². The van der Waals surface area contributed by atoms with E-state index in [0.717, 1.165) is 25.0 Å². The standard InChI is InChI=1S/C13H9F2N3O/c14-9-3-7-11(4-10(9)15)18(6-1-2-6)13(17)8(5-16)12(7)19/h3-4,6H,1-2,17H2. The highest BCUT2D eigenvalue weighted by molar-refractivity contribution is 5.84. The van der Waals surface area contributed by atoms with Crippen LogP contribution < -0.4 is 11.2 Å². The van der Waals surface area contributed by atoms with Gasteiger partial charge in [-0.05, 0) is 18.9 Å². The Labute approximate surface area is 106 Å². The number of nitrogens with zero attached hydrogens (tertiary/aromatic N) is 2. The highest BCUT2D eigenvalue weighted by Gasteiger charge is 2.29. The van der Waals surface area contributed by atoms with Crippen molar-refractivity contribution >= 4 is 16.7 Å². The summed E-state index contributed by atoms with van der Waals surface area (Å²) in [7, 11) is 0. The molecule has 1 aromatic heterocycles. The Morgan fingerprint density at radius 3 is 2.53 bits per heavy atom. The van der Waals surface area contributed by atoms with Crippen molar-refractivity contribution in [2.75, 3.05) is 5.73 Å². The zero-order valence-electron chi connectivity index (χ0n) is 9.78. The van der Waals surface area contributed by atoms with Gasteiger partial charge in [-0.15, -0.1) is 0 Å². The fourth-order valence-corrected chi connectivity index (χ4v) is 2.25. The summed E-state index contributed by atoms with van der Waals surface area (Å²) in [6.45, 7) is 0. The second-order valence-corrected chi connectivity index (χ2v) is 4.59. The molecule has 0 unspecified atom stereocenters. The van der Waals surface area contributed by atoms with Gasteiger partial charge in [-0.3, -0.25) is 4.79 Å². The van der Waals surface area contributed by atoms with Crippen molar-refractivity contribution < 1.29 is 8.78 Å². The Hall–Kier alpha value is -2.42. The van der Waals surface area contributed by atoms with Crippen LogP contribution in [-0.4, -0.2) is 4.57 Å². The van der Waals surface area contributed by atoms with Gasteiger partial charge in [0.05, 0.1) is 10.9 Å². The van der Waals surface area contributed by atoms with E-state index in [-0.39, 0.29) is 28.3 Å². The molecule has 0 aliphatic heterocycles. The quantitative estimate of drug-likeness (QED) is 0.854. The van der Waals surface area contributed by atoms with Crippen LogP contribution >= 0.6 is 0 Å². The first kappa shape index (κ1) is 11.7. The largest absolute Gasteiger partial charge is 0.384 e. The third-order valence-corrected chi connectivity index (χ3v) is 3.31. The number of fused-ring (bicyclic) bond motifs is 1. The number of aromatic nitrogens is 1. The Balaban J connectivity index is 2.54. The Morgan fingerprint density at radius 1 is 1.32 bits per heavy atom. The average Bonchev–Trinajstić information content (AvgIpc) is 3.17. The summed E-state index contributed by atoms with van der Waals surface area (Å²) in [5.74, 6) is -2.13. The highest BCUT2D eigenvalue weighted by Crippen LogP contribution is 2.39. The van der Waals surface area contributed by atoms with Crippen LogP contribution in [0.1, 0.15) is 24.4 Å². The molecule has 1 aliphatic carbocycles. The normalized spacial score (nSPS) is 14.6. The number of hydrogen-bond acceptors (Lipinski definition) is 3. The molecule has 6 heteroatoms. The first-order valence-electron chi connectivity index (χ1n) is 5.77. The van der Waals surface area contributed by atoms with Gasteiger partial charge in [-0.1, -0.05) is 0 Å². The number of hydrogen-bond donors (Lipinski definition) is 1. The topological polar surface area (TPSA) is 71.8 Å². The number of rotatable bonds is 1. The molecule has 1 heterocycles. The van der Waals surface area contributed by atoms with Crippen LogP contribution in [0.2, 0.25) is 0 Å². The van der Waals surface area contributed by atoms with Gasteiger partial charge in [-0.2, -0.15) is 5.26 Å². The van der Waals surface area contributed by atoms with E-state index in [0.29, 0.717) is 0 Å². The molecule has 1 saturated carbocycles. The first-order chi connectivity index (χ1) is 9.04. The van der Waals surface area contributed by atoms with E-state index in [1.54, 1.807) is 10.6 Å². The van der Waals surface area contributed by atoms with E-state index in [9.17, 15) is 13.6 Å². The lowest BCUT2D eigenvalue weighted by molar-refractivity contribution is 0.510. The molecule has 19 heavy (non-hydrogen) atoms. The molecular formula is C13H9F2N3O. The minimum absolute atomic E-state index is 0.0171. The summed E-state index contributed by atoms with van der Waals surface area (Å²) in [4.78, 5) is 12.0. The SMILES string of the molecule is N#Cc1c(N)n(C2CC2)c2cc(F)c(F)cc2c1=O. The second-order valence-electron chi connectivity index (χ2n) is 4.59. The summed E-state index contributed by atoms with van der Waals surface area (Å²) >= 11 is 0. The van der Waals surface area contributed by atoms with Gasteiger partial charge in [0.2, 0.25) is 5.43 Å². The van der Waals surface area contributed by atoms with E-state index < -0.39 is 17.1 Å². The number of nitriles is 1. The molecule has 1 fully saturated rings. The Bertz CT molecular complexity index is 800. The van der Waals surface area contributed by atoms with Gasteiger partial charge in [0.1, 0.15) is 17.5 Å². The monoisotopic (exact) mass is 261 g/mol. The zero-order valence-corrected chi connectivity index (χ0v) is 9.78. The van der Waals surface area contributed by atoms with E-state index in [4.69, 9.17) is 11.0 Å². The third kappa shape index (κ3) is 1.58. The van der Waals surface area contributed by atoms with Gasteiger partial charge < -0.3 is 10.3 Å². The first-order valence-corrected chi connectivity index (χ1v) is 5.77. The maximum absolute atomic E-state index is 13.4. The van der Waals surface area contributed by atoms with Gasteiger partial charge >= 0.3 is 0 Å². The van der Waals surface area contributed by atoms with Crippen LogP contribution in [0.5, 0.6) is 0 Å². The molecular weight excluding hydrogens is 252 g/mol. The molecule has 0 atom stereocenters. The zero-order chi connectivity index (χ0) is 13.7. The van der Waals surface area contributed by atoms with Crippen molar-refractivity contribution in [3.05, 3.63) is 39.6 Å². The van der Waals surface area contributed by atoms with Crippen LogP contribution in [0.25, 0.3) is 10.9 Å². The van der Waals surface area contributed by atoms with Crippen LogP contribution in [0.3, 0.4) is 0 Å². The maximum atomic E-state index is 13.4. The molecule has 3 rings (SSSR count).